The highest BCUT2D eigenvalue weighted by Gasteiger charge is 2.41. The summed E-state index contributed by atoms with van der Waals surface area (Å²) in [6, 6.07) is 0. The van der Waals surface area contributed by atoms with E-state index < -0.39 is 5.67 Å². The van der Waals surface area contributed by atoms with Crippen molar-refractivity contribution in [1.29, 1.82) is 0 Å². The maximum absolute atomic E-state index is 12.8. The lowest BCUT2D eigenvalue weighted by atomic mass is 9.68. The fourth-order valence-electron chi connectivity index (χ4n) is 4.48. The Hall–Kier alpha value is -0.0700. The van der Waals surface area contributed by atoms with Crippen LogP contribution in [0.2, 0.25) is 0 Å². The van der Waals surface area contributed by atoms with E-state index in [9.17, 15) is 4.39 Å². The molecule has 35 heavy (non-hydrogen) atoms. The fourth-order valence-corrected chi connectivity index (χ4v) is 4.48. The van der Waals surface area contributed by atoms with E-state index in [1.165, 1.54) is 51.4 Å². The molecule has 0 spiro atoms. The minimum atomic E-state index is -0.824. The van der Waals surface area contributed by atoms with Crippen LogP contribution in [0, 0.1) is 59.2 Å². The fraction of sp³-hybridized carbons (Fsp3) is 1.00. The summed E-state index contributed by atoms with van der Waals surface area (Å²) in [5.41, 5.74) is -0.824. The average molecular weight is 497 g/mol. The number of hydrogen-bond donors (Lipinski definition) is 0. The average Bonchev–Trinajstić information content (AvgIpc) is 3.42. The lowest BCUT2D eigenvalue weighted by molar-refractivity contribution is 0.00285. The van der Waals surface area contributed by atoms with Crippen molar-refractivity contribution in [2.75, 3.05) is 0 Å². The first-order valence-electron chi connectivity index (χ1n) is 15.8. The molecule has 0 amide bonds. The van der Waals surface area contributed by atoms with Gasteiger partial charge in [0.05, 0.1) is 0 Å². The Balaban J connectivity index is 0.000000417. The van der Waals surface area contributed by atoms with Gasteiger partial charge in [0, 0.05) is 0 Å². The van der Waals surface area contributed by atoms with Crippen LogP contribution in [-0.2, 0) is 0 Å². The molecule has 0 aromatic heterocycles. The Kier molecular flexibility index (Phi) is 17.4. The van der Waals surface area contributed by atoms with E-state index in [4.69, 9.17) is 0 Å². The van der Waals surface area contributed by atoms with Crippen molar-refractivity contribution < 1.29 is 4.39 Å². The van der Waals surface area contributed by atoms with Crippen LogP contribution in [0.4, 0.5) is 4.39 Å². The van der Waals surface area contributed by atoms with Gasteiger partial charge in [-0.3, -0.25) is 0 Å². The van der Waals surface area contributed by atoms with E-state index in [0.29, 0.717) is 11.8 Å². The van der Waals surface area contributed by atoms with E-state index in [-0.39, 0.29) is 0 Å². The number of rotatable bonds is 5. The molecule has 0 aliphatic heterocycles. The highest BCUT2D eigenvalue weighted by molar-refractivity contribution is 4.91. The Labute approximate surface area is 223 Å². The molecule has 0 bridgehead atoms. The van der Waals surface area contributed by atoms with Gasteiger partial charge in [-0.1, -0.05) is 122 Å². The maximum Gasteiger partial charge on any atom is 0.108 e. The van der Waals surface area contributed by atoms with Gasteiger partial charge in [0.15, 0.2) is 0 Å². The number of alkyl halides is 1. The zero-order valence-corrected chi connectivity index (χ0v) is 26.7. The van der Waals surface area contributed by atoms with Crippen molar-refractivity contribution >= 4 is 0 Å². The molecule has 0 N–H and O–H groups in total. The van der Waals surface area contributed by atoms with Gasteiger partial charge in [0.2, 0.25) is 0 Å². The van der Waals surface area contributed by atoms with Crippen molar-refractivity contribution in [3.8, 4) is 0 Å². The largest absolute Gasteiger partial charge is 0.244 e. The highest BCUT2D eigenvalue weighted by Crippen LogP contribution is 2.44. The lowest BCUT2D eigenvalue weighted by Crippen LogP contribution is -2.39. The normalized spacial score (nSPS) is 25.9. The molecule has 0 saturated heterocycles. The first-order valence-corrected chi connectivity index (χ1v) is 15.8. The minimum absolute atomic E-state index is 0.653. The molecular formula is C34H69F. The minimum Gasteiger partial charge on any atom is -0.244 e. The SMILES string of the molecule is CC(C)C(C)C.CC(C)C1CC(C)(F)C1.CC(C)C1CC1.CC(C)C1CCC1.CC(C)C1CCC1. The van der Waals surface area contributed by atoms with Gasteiger partial charge >= 0.3 is 0 Å². The zero-order valence-electron chi connectivity index (χ0n) is 26.7. The van der Waals surface area contributed by atoms with E-state index in [1.807, 2.05) is 0 Å². The molecule has 0 atom stereocenters. The molecule has 0 heterocycles. The second-order valence-corrected chi connectivity index (χ2v) is 14.8. The first kappa shape index (κ1) is 34.9. The molecule has 4 saturated carbocycles. The summed E-state index contributed by atoms with van der Waals surface area (Å²) in [6.07, 6.45) is 13.5. The topological polar surface area (TPSA) is 0 Å². The van der Waals surface area contributed by atoms with Gasteiger partial charge in [0.25, 0.3) is 0 Å². The van der Waals surface area contributed by atoms with Gasteiger partial charge in [-0.05, 0) is 91.8 Å². The van der Waals surface area contributed by atoms with Gasteiger partial charge in [0.1, 0.15) is 5.67 Å². The molecule has 0 aromatic rings. The van der Waals surface area contributed by atoms with Crippen molar-refractivity contribution in [2.24, 2.45) is 59.2 Å². The molecule has 4 fully saturated rings. The predicted molar refractivity (Wildman–Crippen MR) is 159 cm³/mol. The summed E-state index contributed by atoms with van der Waals surface area (Å²) in [6.45, 7) is 28.9. The predicted octanol–water partition coefficient (Wildman–Crippen LogP) is 12.0. The molecule has 212 valence electrons. The second-order valence-electron chi connectivity index (χ2n) is 14.8. The van der Waals surface area contributed by atoms with Crippen LogP contribution in [0.3, 0.4) is 0 Å². The van der Waals surface area contributed by atoms with E-state index in [0.717, 1.165) is 60.2 Å². The summed E-state index contributed by atoms with van der Waals surface area (Å²) >= 11 is 0. The Morgan fingerprint density at radius 2 is 0.714 bits per heavy atom. The van der Waals surface area contributed by atoms with Crippen LogP contribution in [0.1, 0.15) is 154 Å². The van der Waals surface area contributed by atoms with Crippen LogP contribution < -0.4 is 0 Å². The van der Waals surface area contributed by atoms with Crippen LogP contribution in [-0.4, -0.2) is 5.67 Å². The molecule has 0 aromatic carbocycles. The summed E-state index contributed by atoms with van der Waals surface area (Å²) in [4.78, 5) is 0. The monoisotopic (exact) mass is 497 g/mol. The Morgan fingerprint density at radius 3 is 0.743 bits per heavy atom. The molecule has 4 rings (SSSR count). The maximum atomic E-state index is 12.8. The Bertz CT molecular complexity index is 446. The van der Waals surface area contributed by atoms with Crippen LogP contribution in [0.5, 0.6) is 0 Å². The number of halogens is 1. The Morgan fingerprint density at radius 1 is 0.457 bits per heavy atom. The highest BCUT2D eigenvalue weighted by atomic mass is 19.1. The van der Waals surface area contributed by atoms with Gasteiger partial charge in [-0.25, -0.2) is 4.39 Å². The standard InChI is InChI=1S/C8H15F.2C7H14.C6H12.C6H14/c1-6(2)7-4-8(3,9)5-7;2*1-6(2)7-4-3-5-7;1-5(2)6-3-4-6;1-5(2)6(3)4/h6-7H,4-5H2,1-3H3;2*6-7H,3-5H2,1-2H3;5-6H,3-4H2,1-2H3;5-6H,1-4H3. The smallest absolute Gasteiger partial charge is 0.108 e. The summed E-state index contributed by atoms with van der Waals surface area (Å²) in [5, 5.41) is 0. The lowest BCUT2D eigenvalue weighted by Gasteiger charge is -2.41. The van der Waals surface area contributed by atoms with E-state index in [2.05, 4.69) is 83.1 Å². The first-order chi connectivity index (χ1) is 16.1. The van der Waals surface area contributed by atoms with Gasteiger partial charge in [-0.15, -0.1) is 0 Å². The third kappa shape index (κ3) is 17.1. The summed E-state index contributed by atoms with van der Waals surface area (Å²) < 4.78 is 12.8. The molecule has 0 unspecified atom stereocenters. The number of hydrogen-bond acceptors (Lipinski definition) is 0. The zero-order chi connectivity index (χ0) is 27.3. The summed E-state index contributed by atoms with van der Waals surface area (Å²) in [7, 11) is 0. The van der Waals surface area contributed by atoms with Gasteiger partial charge < -0.3 is 0 Å². The second kappa shape index (κ2) is 17.4. The van der Waals surface area contributed by atoms with Crippen molar-refractivity contribution in [3.63, 3.8) is 0 Å². The molecule has 4 aliphatic rings. The molecule has 0 radical (unpaired) electrons. The van der Waals surface area contributed by atoms with Crippen molar-refractivity contribution in [1.82, 2.24) is 0 Å². The molecule has 4 aliphatic carbocycles. The van der Waals surface area contributed by atoms with Crippen LogP contribution >= 0.6 is 0 Å². The van der Waals surface area contributed by atoms with Crippen LogP contribution in [0.15, 0.2) is 0 Å². The van der Waals surface area contributed by atoms with E-state index >= 15 is 0 Å². The third-order valence-electron chi connectivity index (χ3n) is 9.40. The van der Waals surface area contributed by atoms with Crippen molar-refractivity contribution in [2.45, 2.75) is 160 Å². The van der Waals surface area contributed by atoms with Crippen LogP contribution in [0.25, 0.3) is 0 Å². The van der Waals surface area contributed by atoms with Gasteiger partial charge in [-0.2, -0.15) is 0 Å². The molecule has 1 heteroatoms. The molecule has 0 nitrogen and oxygen atoms in total. The van der Waals surface area contributed by atoms with E-state index in [1.54, 1.807) is 6.92 Å². The molecular weight excluding hydrogens is 427 g/mol. The van der Waals surface area contributed by atoms with Crippen molar-refractivity contribution in [3.05, 3.63) is 0 Å². The third-order valence-corrected chi connectivity index (χ3v) is 9.40. The quantitative estimate of drug-likeness (QED) is 0.355. The summed E-state index contributed by atoms with van der Waals surface area (Å²) in [5.74, 6) is 9.17.